The highest BCUT2D eigenvalue weighted by Crippen LogP contribution is 2.31. The number of aromatic nitrogens is 2. The summed E-state index contributed by atoms with van der Waals surface area (Å²) in [5.74, 6) is 0.717. The Labute approximate surface area is 180 Å². The van der Waals surface area contributed by atoms with Crippen LogP contribution in [0.3, 0.4) is 0 Å². The summed E-state index contributed by atoms with van der Waals surface area (Å²) in [5.41, 5.74) is 1.27. The molecule has 2 atom stereocenters. The second-order valence-corrected chi connectivity index (χ2v) is 9.66. The molecular weight excluding hydrogens is 424 g/mol. The highest BCUT2D eigenvalue weighted by Gasteiger charge is 2.28. The molecular formula is C21H23ClN4O3S. The lowest BCUT2D eigenvalue weighted by atomic mass is 9.93. The minimum Gasteiger partial charge on any atom is -0.393 e. The van der Waals surface area contributed by atoms with Crippen LogP contribution in [0, 0.1) is 5.92 Å². The summed E-state index contributed by atoms with van der Waals surface area (Å²) in [6.07, 6.45) is 1.34. The Morgan fingerprint density at radius 3 is 2.60 bits per heavy atom. The number of rotatable bonds is 5. The van der Waals surface area contributed by atoms with Crippen LogP contribution in [0.1, 0.15) is 19.8 Å². The van der Waals surface area contributed by atoms with Gasteiger partial charge in [-0.3, -0.25) is 4.72 Å². The van der Waals surface area contributed by atoms with Crippen molar-refractivity contribution >= 4 is 44.3 Å². The van der Waals surface area contributed by atoms with E-state index >= 15 is 0 Å². The van der Waals surface area contributed by atoms with E-state index in [1.165, 1.54) is 12.1 Å². The molecule has 0 saturated carbocycles. The van der Waals surface area contributed by atoms with Gasteiger partial charge in [0.25, 0.3) is 10.0 Å². The van der Waals surface area contributed by atoms with Gasteiger partial charge >= 0.3 is 0 Å². The molecule has 158 valence electrons. The van der Waals surface area contributed by atoms with E-state index in [0.717, 1.165) is 12.8 Å². The molecule has 7 nitrogen and oxygen atoms in total. The van der Waals surface area contributed by atoms with Crippen molar-refractivity contribution in [2.75, 3.05) is 22.7 Å². The Bertz CT molecular complexity index is 1170. The number of piperidine rings is 1. The Morgan fingerprint density at radius 2 is 1.90 bits per heavy atom. The summed E-state index contributed by atoms with van der Waals surface area (Å²) in [7, 11) is -3.91. The third-order valence-electron chi connectivity index (χ3n) is 5.33. The molecule has 0 spiro atoms. The number of fused-ring (bicyclic) bond motifs is 1. The zero-order valence-corrected chi connectivity index (χ0v) is 18.1. The number of benzene rings is 2. The largest absolute Gasteiger partial charge is 0.393 e. The normalized spacial score (nSPS) is 18.4. The molecule has 9 heteroatoms. The fourth-order valence-corrected chi connectivity index (χ4v) is 5.00. The summed E-state index contributed by atoms with van der Waals surface area (Å²) in [5, 5.41) is 10.4. The van der Waals surface area contributed by atoms with Crippen LogP contribution < -0.4 is 9.62 Å². The third kappa shape index (κ3) is 4.35. The molecule has 2 heterocycles. The summed E-state index contributed by atoms with van der Waals surface area (Å²) in [6.45, 7) is 3.07. The maximum Gasteiger partial charge on any atom is 0.263 e. The molecule has 30 heavy (non-hydrogen) atoms. The first-order valence-corrected chi connectivity index (χ1v) is 11.7. The molecule has 1 aromatic heterocycles. The summed E-state index contributed by atoms with van der Waals surface area (Å²) < 4.78 is 28.6. The second kappa shape index (κ2) is 8.37. The number of halogens is 1. The van der Waals surface area contributed by atoms with E-state index in [1.807, 2.05) is 23.1 Å². The highest BCUT2D eigenvalue weighted by molar-refractivity contribution is 7.92. The minimum absolute atomic E-state index is 0.0522. The van der Waals surface area contributed by atoms with Gasteiger partial charge in [0, 0.05) is 24.0 Å². The number of para-hydroxylation sites is 2. The van der Waals surface area contributed by atoms with Crippen molar-refractivity contribution in [2.45, 2.75) is 30.8 Å². The van der Waals surface area contributed by atoms with E-state index in [0.29, 0.717) is 35.0 Å². The second-order valence-electron chi connectivity index (χ2n) is 7.54. The lowest BCUT2D eigenvalue weighted by molar-refractivity contribution is 0.115. The zero-order chi connectivity index (χ0) is 21.3. The van der Waals surface area contributed by atoms with Crippen molar-refractivity contribution in [3.05, 3.63) is 53.6 Å². The van der Waals surface area contributed by atoms with Crippen LogP contribution in [-0.2, 0) is 10.0 Å². The molecule has 0 aliphatic carbocycles. The zero-order valence-electron chi connectivity index (χ0n) is 16.5. The lowest BCUT2D eigenvalue weighted by Gasteiger charge is -2.35. The first-order valence-electron chi connectivity index (χ1n) is 9.82. The molecule has 0 amide bonds. The standard InChI is InChI=1S/C21H23ClN4O3S/c1-14(27)15-6-5-11-26(13-15)21-20(23-18-9-2-3-10-19(18)24-21)25-30(28,29)17-8-4-7-16(22)12-17/h2-4,7-10,12,14-15,27H,5-6,11,13H2,1H3,(H,23,25). The molecule has 1 aliphatic rings. The van der Waals surface area contributed by atoms with E-state index in [2.05, 4.69) is 9.71 Å². The Kier molecular flexibility index (Phi) is 5.81. The van der Waals surface area contributed by atoms with Crippen LogP contribution in [0.15, 0.2) is 53.4 Å². The van der Waals surface area contributed by atoms with Crippen molar-refractivity contribution in [1.29, 1.82) is 0 Å². The predicted octanol–water partition coefficient (Wildman–Crippen LogP) is 3.68. The number of nitrogens with zero attached hydrogens (tertiary/aromatic N) is 3. The van der Waals surface area contributed by atoms with Gasteiger partial charge in [0.1, 0.15) is 0 Å². The van der Waals surface area contributed by atoms with E-state index < -0.39 is 16.1 Å². The molecule has 0 radical (unpaired) electrons. The fourth-order valence-electron chi connectivity index (χ4n) is 3.70. The first kappa shape index (κ1) is 20.8. The van der Waals surface area contributed by atoms with Crippen LogP contribution in [0.4, 0.5) is 11.6 Å². The number of hydrogen-bond donors (Lipinski definition) is 2. The minimum atomic E-state index is -3.91. The Hall–Kier alpha value is -2.42. The number of aliphatic hydroxyl groups is 1. The summed E-state index contributed by atoms with van der Waals surface area (Å²) >= 11 is 5.98. The maximum atomic E-state index is 13.0. The van der Waals surface area contributed by atoms with Crippen molar-refractivity contribution < 1.29 is 13.5 Å². The monoisotopic (exact) mass is 446 g/mol. The van der Waals surface area contributed by atoms with Gasteiger partial charge < -0.3 is 10.0 Å². The van der Waals surface area contributed by atoms with Crippen molar-refractivity contribution in [1.82, 2.24) is 9.97 Å². The first-order chi connectivity index (χ1) is 14.3. The van der Waals surface area contributed by atoms with Gasteiger partial charge in [-0.05, 0) is 50.1 Å². The van der Waals surface area contributed by atoms with Crippen LogP contribution in [0.2, 0.25) is 5.02 Å². The number of aliphatic hydroxyl groups excluding tert-OH is 1. The fraction of sp³-hybridized carbons (Fsp3) is 0.333. The Balaban J connectivity index is 1.77. The highest BCUT2D eigenvalue weighted by atomic mass is 35.5. The summed E-state index contributed by atoms with van der Waals surface area (Å²) in [4.78, 5) is 11.3. The van der Waals surface area contributed by atoms with Crippen LogP contribution in [0.5, 0.6) is 0 Å². The van der Waals surface area contributed by atoms with Crippen LogP contribution in [-0.4, -0.2) is 42.7 Å². The summed E-state index contributed by atoms with van der Waals surface area (Å²) in [6, 6.07) is 13.4. The molecule has 1 aliphatic heterocycles. The number of nitrogens with one attached hydrogen (secondary N) is 1. The SMILES string of the molecule is CC(O)C1CCCN(c2nc3ccccc3nc2NS(=O)(=O)c2cccc(Cl)c2)C1. The van der Waals surface area contributed by atoms with E-state index in [9.17, 15) is 13.5 Å². The number of sulfonamides is 1. The quantitative estimate of drug-likeness (QED) is 0.620. The topological polar surface area (TPSA) is 95.4 Å². The Morgan fingerprint density at radius 1 is 1.17 bits per heavy atom. The van der Waals surface area contributed by atoms with E-state index in [4.69, 9.17) is 16.6 Å². The van der Waals surface area contributed by atoms with Crippen molar-refractivity contribution in [3.8, 4) is 0 Å². The molecule has 2 N–H and O–H groups in total. The average molecular weight is 447 g/mol. The van der Waals surface area contributed by atoms with E-state index in [-0.39, 0.29) is 16.6 Å². The number of hydrogen-bond acceptors (Lipinski definition) is 6. The molecule has 1 saturated heterocycles. The van der Waals surface area contributed by atoms with Gasteiger partial charge in [-0.25, -0.2) is 18.4 Å². The van der Waals surface area contributed by atoms with Crippen molar-refractivity contribution in [3.63, 3.8) is 0 Å². The average Bonchev–Trinajstić information content (AvgIpc) is 2.73. The lowest BCUT2D eigenvalue weighted by Crippen LogP contribution is -2.40. The van der Waals surface area contributed by atoms with Gasteiger partial charge in [0.2, 0.25) is 0 Å². The van der Waals surface area contributed by atoms with Gasteiger partial charge in [-0.15, -0.1) is 0 Å². The molecule has 4 rings (SSSR count). The molecule has 2 unspecified atom stereocenters. The van der Waals surface area contributed by atoms with E-state index in [1.54, 1.807) is 25.1 Å². The predicted molar refractivity (Wildman–Crippen MR) is 118 cm³/mol. The number of anilines is 2. The van der Waals surface area contributed by atoms with Gasteiger partial charge in [-0.1, -0.05) is 29.8 Å². The molecule has 0 bridgehead atoms. The molecule has 3 aromatic rings. The maximum absolute atomic E-state index is 13.0. The van der Waals surface area contributed by atoms with Gasteiger partial charge in [0.05, 0.1) is 22.0 Å². The third-order valence-corrected chi connectivity index (χ3v) is 6.90. The van der Waals surface area contributed by atoms with Crippen LogP contribution >= 0.6 is 11.6 Å². The smallest absolute Gasteiger partial charge is 0.263 e. The molecule has 2 aromatic carbocycles. The van der Waals surface area contributed by atoms with Gasteiger partial charge in [-0.2, -0.15) is 0 Å². The van der Waals surface area contributed by atoms with Gasteiger partial charge in [0.15, 0.2) is 11.6 Å². The van der Waals surface area contributed by atoms with Crippen LogP contribution in [0.25, 0.3) is 11.0 Å². The van der Waals surface area contributed by atoms with Crippen molar-refractivity contribution in [2.24, 2.45) is 5.92 Å². The molecule has 1 fully saturated rings.